The lowest BCUT2D eigenvalue weighted by Gasteiger charge is -1.96. The minimum absolute atomic E-state index is 0.806. The van der Waals surface area contributed by atoms with Crippen molar-refractivity contribution in [2.24, 2.45) is 0 Å². The summed E-state index contributed by atoms with van der Waals surface area (Å²) >= 11 is 1.39. The third kappa shape index (κ3) is 3.59. The van der Waals surface area contributed by atoms with Gasteiger partial charge in [0.25, 0.3) is 0 Å². The van der Waals surface area contributed by atoms with Crippen LogP contribution in [0.5, 0.6) is 0 Å². The lowest BCUT2D eigenvalue weighted by atomic mass is 10.3. The fourth-order valence-corrected chi connectivity index (χ4v) is 1.19. The van der Waals surface area contributed by atoms with E-state index in [0.717, 1.165) is 18.8 Å². The summed E-state index contributed by atoms with van der Waals surface area (Å²) in [6.07, 6.45) is 2.15. The van der Waals surface area contributed by atoms with Gasteiger partial charge in [0.1, 0.15) is 0 Å². The Hall–Kier alpha value is -0.740. The zero-order valence-electron chi connectivity index (χ0n) is 7.37. The first kappa shape index (κ1) is 9.35. The Morgan fingerprint density at radius 3 is 3.08 bits per heavy atom. The molecule has 0 radical (unpaired) electrons. The van der Waals surface area contributed by atoms with Crippen molar-refractivity contribution < 1.29 is 0 Å². The quantitative estimate of drug-likeness (QED) is 0.569. The van der Waals surface area contributed by atoms with E-state index >= 15 is 0 Å². The predicted octanol–water partition coefficient (Wildman–Crippen LogP) is 1.59. The predicted molar refractivity (Wildman–Crippen MR) is 51.0 cm³/mol. The average Bonchev–Trinajstić information content (AvgIpc) is 2.49. The lowest BCUT2D eigenvalue weighted by molar-refractivity contribution is 0.734. The van der Waals surface area contributed by atoms with Crippen LogP contribution in [0, 0.1) is 0 Å². The van der Waals surface area contributed by atoms with Gasteiger partial charge in [-0.25, -0.2) is 0 Å². The molecule has 0 atom stereocenters. The van der Waals surface area contributed by atoms with Crippen molar-refractivity contribution in [2.75, 3.05) is 6.54 Å². The van der Waals surface area contributed by atoms with Crippen molar-refractivity contribution in [3.63, 3.8) is 0 Å². The molecule has 66 valence electrons. The van der Waals surface area contributed by atoms with Crippen LogP contribution in [0.25, 0.3) is 0 Å². The van der Waals surface area contributed by atoms with Crippen molar-refractivity contribution in [3.05, 3.63) is 22.7 Å². The van der Waals surface area contributed by atoms with Crippen molar-refractivity contribution in [1.29, 1.82) is 0 Å². The van der Waals surface area contributed by atoms with Crippen LogP contribution < -0.4 is 5.32 Å². The Balaban J connectivity index is 2.16. The molecule has 12 heavy (non-hydrogen) atoms. The van der Waals surface area contributed by atoms with Crippen LogP contribution in [-0.2, 0) is 6.54 Å². The van der Waals surface area contributed by atoms with Gasteiger partial charge in [-0.1, -0.05) is 16.1 Å². The maximum Gasteiger partial charge on any atom is 0.0893 e. The minimum Gasteiger partial charge on any atom is -0.308 e. The summed E-state index contributed by atoms with van der Waals surface area (Å²) in [5.74, 6) is 0. The van der Waals surface area contributed by atoms with E-state index < -0.39 is 0 Å². The number of allylic oxidation sites excluding steroid dienone is 1. The first-order valence-corrected chi connectivity index (χ1v) is 4.72. The molecule has 0 unspecified atom stereocenters. The second-order valence-corrected chi connectivity index (χ2v) is 3.42. The summed E-state index contributed by atoms with van der Waals surface area (Å²) < 4.78 is 3.77. The molecule has 0 aliphatic rings. The molecule has 0 amide bonds. The maximum absolute atomic E-state index is 3.92. The number of hydrogen-bond donors (Lipinski definition) is 1. The van der Waals surface area contributed by atoms with E-state index in [4.69, 9.17) is 0 Å². The van der Waals surface area contributed by atoms with E-state index in [1.165, 1.54) is 17.1 Å². The van der Waals surface area contributed by atoms with Gasteiger partial charge in [0, 0.05) is 18.5 Å². The number of nitrogens with zero attached hydrogens (tertiary/aromatic N) is 2. The normalized spacial score (nSPS) is 9.83. The van der Waals surface area contributed by atoms with E-state index in [1.807, 2.05) is 5.38 Å². The maximum atomic E-state index is 3.92. The zero-order chi connectivity index (χ0) is 8.81. The van der Waals surface area contributed by atoms with Crippen LogP contribution in [0.2, 0.25) is 0 Å². The Morgan fingerprint density at radius 2 is 2.50 bits per heavy atom. The van der Waals surface area contributed by atoms with Gasteiger partial charge in [-0.2, -0.15) is 0 Å². The third-order valence-electron chi connectivity index (χ3n) is 1.37. The number of rotatable bonds is 4. The van der Waals surface area contributed by atoms with Gasteiger partial charge >= 0.3 is 0 Å². The van der Waals surface area contributed by atoms with Gasteiger partial charge in [0.2, 0.25) is 0 Å². The van der Waals surface area contributed by atoms with Gasteiger partial charge in [0.15, 0.2) is 0 Å². The van der Waals surface area contributed by atoms with Crippen LogP contribution in [0.1, 0.15) is 19.5 Å². The summed E-state index contributed by atoms with van der Waals surface area (Å²) in [5.41, 5.74) is 2.35. The van der Waals surface area contributed by atoms with Crippen LogP contribution in [0.4, 0.5) is 0 Å². The molecule has 1 N–H and O–H groups in total. The van der Waals surface area contributed by atoms with E-state index in [1.54, 1.807) is 0 Å². The zero-order valence-corrected chi connectivity index (χ0v) is 8.19. The second kappa shape index (κ2) is 5.00. The molecular formula is C8H13N3S. The highest BCUT2D eigenvalue weighted by Crippen LogP contribution is 1.95. The van der Waals surface area contributed by atoms with Crippen LogP contribution >= 0.6 is 11.5 Å². The molecule has 0 aromatic carbocycles. The fraction of sp³-hybridized carbons (Fsp3) is 0.500. The molecule has 0 saturated heterocycles. The topological polar surface area (TPSA) is 37.8 Å². The molecule has 0 spiro atoms. The molecule has 1 aromatic rings. The van der Waals surface area contributed by atoms with Crippen LogP contribution in [0.3, 0.4) is 0 Å². The minimum atomic E-state index is 0.806. The number of nitrogens with one attached hydrogen (secondary N) is 1. The Morgan fingerprint density at radius 1 is 1.67 bits per heavy atom. The molecule has 0 fully saturated rings. The van der Waals surface area contributed by atoms with E-state index in [-0.39, 0.29) is 0 Å². The van der Waals surface area contributed by atoms with Gasteiger partial charge in [-0.3, -0.25) is 0 Å². The fourth-order valence-electron chi connectivity index (χ4n) is 0.738. The second-order valence-electron chi connectivity index (χ2n) is 2.81. The smallest absolute Gasteiger partial charge is 0.0893 e. The van der Waals surface area contributed by atoms with Crippen LogP contribution in [-0.4, -0.2) is 16.1 Å². The Labute approximate surface area is 76.7 Å². The van der Waals surface area contributed by atoms with Crippen molar-refractivity contribution in [2.45, 2.75) is 20.4 Å². The largest absolute Gasteiger partial charge is 0.308 e. The van der Waals surface area contributed by atoms with Gasteiger partial charge in [0.05, 0.1) is 5.69 Å². The van der Waals surface area contributed by atoms with Gasteiger partial charge < -0.3 is 5.32 Å². The number of aromatic nitrogens is 2. The molecule has 0 bridgehead atoms. The third-order valence-corrected chi connectivity index (χ3v) is 1.92. The van der Waals surface area contributed by atoms with E-state index in [2.05, 4.69) is 34.8 Å². The summed E-state index contributed by atoms with van der Waals surface area (Å²) in [6.45, 7) is 5.89. The summed E-state index contributed by atoms with van der Waals surface area (Å²) in [5, 5.41) is 9.12. The molecule has 4 heteroatoms. The molecule has 0 aliphatic carbocycles. The SMILES string of the molecule is CC(C)=CCNCc1csnn1. The first-order valence-electron chi connectivity index (χ1n) is 3.89. The van der Waals surface area contributed by atoms with Gasteiger partial charge in [-0.15, -0.1) is 5.10 Å². The molecule has 1 aromatic heterocycles. The summed E-state index contributed by atoms with van der Waals surface area (Å²) in [4.78, 5) is 0. The first-order chi connectivity index (χ1) is 5.79. The molecule has 0 saturated carbocycles. The highest BCUT2D eigenvalue weighted by molar-refractivity contribution is 7.03. The Kier molecular flexibility index (Phi) is 3.90. The van der Waals surface area contributed by atoms with Crippen molar-refractivity contribution in [1.82, 2.24) is 14.9 Å². The molecule has 1 heterocycles. The lowest BCUT2D eigenvalue weighted by Crippen LogP contribution is -2.13. The summed E-state index contributed by atoms with van der Waals surface area (Å²) in [7, 11) is 0. The van der Waals surface area contributed by atoms with Crippen molar-refractivity contribution in [3.8, 4) is 0 Å². The van der Waals surface area contributed by atoms with Crippen molar-refractivity contribution >= 4 is 11.5 Å². The molecule has 3 nitrogen and oxygen atoms in total. The highest BCUT2D eigenvalue weighted by Gasteiger charge is 1.92. The van der Waals surface area contributed by atoms with E-state index in [9.17, 15) is 0 Å². The molecule has 0 aliphatic heterocycles. The molecule has 1 rings (SSSR count). The van der Waals surface area contributed by atoms with Gasteiger partial charge in [-0.05, 0) is 25.4 Å². The Bertz CT molecular complexity index is 237. The standard InChI is InChI=1S/C8H13N3S/c1-7(2)3-4-9-5-8-6-12-11-10-8/h3,6,9H,4-5H2,1-2H3. The van der Waals surface area contributed by atoms with Crippen LogP contribution in [0.15, 0.2) is 17.0 Å². The highest BCUT2D eigenvalue weighted by atomic mass is 32.1. The molecular weight excluding hydrogens is 170 g/mol. The number of hydrogen-bond acceptors (Lipinski definition) is 4. The van der Waals surface area contributed by atoms with E-state index in [0.29, 0.717) is 0 Å². The average molecular weight is 183 g/mol. The summed E-state index contributed by atoms with van der Waals surface area (Å²) in [6, 6.07) is 0. The monoisotopic (exact) mass is 183 g/mol.